The first-order chi connectivity index (χ1) is 3.81. The second-order valence-electron chi connectivity index (χ2n) is 2.22. The molecule has 48 valence electrons. The minimum Gasteiger partial charge on any atom is -0.0885 e. The van der Waals surface area contributed by atoms with Gasteiger partial charge in [-0.15, -0.1) is 0 Å². The standard InChI is InChI=1S/C8H16/c1-4-6-7-8(3)5-2/h6-8H,4-5H2,1-3H3/t8-/m1/s1. The van der Waals surface area contributed by atoms with Gasteiger partial charge in [0.2, 0.25) is 0 Å². The van der Waals surface area contributed by atoms with Gasteiger partial charge in [0.15, 0.2) is 0 Å². The average Bonchev–Trinajstić information content (AvgIpc) is 1.83. The molecule has 0 aromatic rings. The average molecular weight is 112 g/mol. The van der Waals surface area contributed by atoms with E-state index in [2.05, 4.69) is 32.9 Å². The molecule has 0 aliphatic rings. The molecule has 0 bridgehead atoms. The molecule has 0 radical (unpaired) electrons. The van der Waals surface area contributed by atoms with Crippen LogP contribution in [0.2, 0.25) is 0 Å². The van der Waals surface area contributed by atoms with Crippen LogP contribution in [0.25, 0.3) is 0 Å². The summed E-state index contributed by atoms with van der Waals surface area (Å²) in [7, 11) is 0. The molecule has 0 amide bonds. The Hall–Kier alpha value is -0.260. The van der Waals surface area contributed by atoms with Crippen molar-refractivity contribution in [3.8, 4) is 0 Å². The molecular formula is C8H16. The third kappa shape index (κ3) is 3.91. The Morgan fingerprint density at radius 3 is 2.38 bits per heavy atom. The van der Waals surface area contributed by atoms with Gasteiger partial charge in [-0.25, -0.2) is 0 Å². The summed E-state index contributed by atoms with van der Waals surface area (Å²) < 4.78 is 0. The predicted octanol–water partition coefficient (Wildman–Crippen LogP) is 3.00. The van der Waals surface area contributed by atoms with Crippen molar-refractivity contribution >= 4 is 0 Å². The summed E-state index contributed by atoms with van der Waals surface area (Å²) in [6.45, 7) is 6.62. The summed E-state index contributed by atoms with van der Waals surface area (Å²) in [5, 5.41) is 0. The van der Waals surface area contributed by atoms with Gasteiger partial charge >= 0.3 is 0 Å². The SMILES string of the molecule is CCC=C[C@H](C)CC. The Morgan fingerprint density at radius 2 is 2.00 bits per heavy atom. The Bertz CT molecular complexity index is 62.4. The van der Waals surface area contributed by atoms with E-state index in [0.717, 1.165) is 5.92 Å². The van der Waals surface area contributed by atoms with Gasteiger partial charge in [0.25, 0.3) is 0 Å². The summed E-state index contributed by atoms with van der Waals surface area (Å²) in [4.78, 5) is 0. The van der Waals surface area contributed by atoms with E-state index in [1.54, 1.807) is 0 Å². The molecule has 0 N–H and O–H groups in total. The van der Waals surface area contributed by atoms with Crippen molar-refractivity contribution in [1.82, 2.24) is 0 Å². The smallest absolute Gasteiger partial charge is 0.0265 e. The molecule has 0 unspecified atom stereocenters. The van der Waals surface area contributed by atoms with Crippen LogP contribution in [0.15, 0.2) is 12.2 Å². The second kappa shape index (κ2) is 4.89. The van der Waals surface area contributed by atoms with E-state index >= 15 is 0 Å². The normalized spacial score (nSPS) is 14.9. The summed E-state index contributed by atoms with van der Waals surface area (Å²) in [6, 6.07) is 0. The summed E-state index contributed by atoms with van der Waals surface area (Å²) in [6.07, 6.45) is 6.94. The van der Waals surface area contributed by atoms with Crippen LogP contribution < -0.4 is 0 Å². The zero-order valence-electron chi connectivity index (χ0n) is 6.15. The van der Waals surface area contributed by atoms with Crippen LogP contribution >= 0.6 is 0 Å². The van der Waals surface area contributed by atoms with Gasteiger partial charge in [-0.05, 0) is 12.3 Å². The molecule has 1 atom stereocenters. The van der Waals surface area contributed by atoms with Crippen molar-refractivity contribution < 1.29 is 0 Å². The maximum Gasteiger partial charge on any atom is -0.0265 e. The number of allylic oxidation sites excluding steroid dienone is 2. The summed E-state index contributed by atoms with van der Waals surface area (Å²) >= 11 is 0. The zero-order valence-corrected chi connectivity index (χ0v) is 6.15. The highest BCUT2D eigenvalue weighted by Crippen LogP contribution is 2.01. The van der Waals surface area contributed by atoms with Crippen LogP contribution in [0, 0.1) is 5.92 Å². The lowest BCUT2D eigenvalue weighted by Gasteiger charge is -1.96. The number of hydrogen-bond donors (Lipinski definition) is 0. The number of rotatable bonds is 3. The van der Waals surface area contributed by atoms with Crippen molar-refractivity contribution in [2.75, 3.05) is 0 Å². The molecule has 0 rings (SSSR count). The molecule has 8 heavy (non-hydrogen) atoms. The highest BCUT2D eigenvalue weighted by atomic mass is 13.9. The fourth-order valence-corrected chi connectivity index (χ4v) is 0.504. The van der Waals surface area contributed by atoms with Crippen LogP contribution in [0.3, 0.4) is 0 Å². The summed E-state index contributed by atoms with van der Waals surface area (Å²) in [5.41, 5.74) is 0. The van der Waals surface area contributed by atoms with E-state index in [1.807, 2.05) is 0 Å². The molecule has 0 spiro atoms. The first-order valence-corrected chi connectivity index (χ1v) is 3.47. The van der Waals surface area contributed by atoms with E-state index in [1.165, 1.54) is 12.8 Å². The van der Waals surface area contributed by atoms with Gasteiger partial charge in [-0.3, -0.25) is 0 Å². The lowest BCUT2D eigenvalue weighted by Crippen LogP contribution is -1.82. The van der Waals surface area contributed by atoms with Crippen molar-refractivity contribution in [1.29, 1.82) is 0 Å². The van der Waals surface area contributed by atoms with Crippen LogP contribution in [-0.4, -0.2) is 0 Å². The molecule has 0 nitrogen and oxygen atoms in total. The molecule has 0 aliphatic carbocycles. The Balaban J connectivity index is 3.21. The van der Waals surface area contributed by atoms with Gasteiger partial charge < -0.3 is 0 Å². The fourth-order valence-electron chi connectivity index (χ4n) is 0.504. The quantitative estimate of drug-likeness (QED) is 0.492. The molecule has 0 heteroatoms. The molecule has 0 saturated carbocycles. The van der Waals surface area contributed by atoms with Gasteiger partial charge in [-0.1, -0.05) is 39.3 Å². The topological polar surface area (TPSA) is 0 Å². The first kappa shape index (κ1) is 7.74. The minimum atomic E-state index is 0.773. The fraction of sp³-hybridized carbons (Fsp3) is 0.750. The second-order valence-corrected chi connectivity index (χ2v) is 2.22. The maximum absolute atomic E-state index is 2.28. The lowest BCUT2D eigenvalue weighted by atomic mass is 10.1. The Labute approximate surface area is 52.6 Å². The van der Waals surface area contributed by atoms with Crippen molar-refractivity contribution in [3.63, 3.8) is 0 Å². The largest absolute Gasteiger partial charge is 0.0885 e. The van der Waals surface area contributed by atoms with Crippen LogP contribution in [0.4, 0.5) is 0 Å². The van der Waals surface area contributed by atoms with Crippen LogP contribution in [0.5, 0.6) is 0 Å². The van der Waals surface area contributed by atoms with Crippen molar-refractivity contribution in [2.45, 2.75) is 33.6 Å². The molecule has 0 fully saturated rings. The number of hydrogen-bond acceptors (Lipinski definition) is 0. The van der Waals surface area contributed by atoms with Gasteiger partial charge in [0, 0.05) is 0 Å². The van der Waals surface area contributed by atoms with Gasteiger partial charge in [0.05, 0.1) is 0 Å². The monoisotopic (exact) mass is 112 g/mol. The minimum absolute atomic E-state index is 0.773. The predicted molar refractivity (Wildman–Crippen MR) is 38.9 cm³/mol. The zero-order chi connectivity index (χ0) is 6.41. The highest BCUT2D eigenvalue weighted by molar-refractivity contribution is 4.84. The van der Waals surface area contributed by atoms with Gasteiger partial charge in [-0.2, -0.15) is 0 Å². The molecule has 0 saturated heterocycles. The third-order valence-electron chi connectivity index (χ3n) is 1.34. The molecule has 0 aromatic carbocycles. The van der Waals surface area contributed by atoms with E-state index < -0.39 is 0 Å². The Morgan fingerprint density at radius 1 is 1.38 bits per heavy atom. The molecule has 0 aliphatic heterocycles. The van der Waals surface area contributed by atoms with E-state index in [9.17, 15) is 0 Å². The van der Waals surface area contributed by atoms with Crippen LogP contribution in [-0.2, 0) is 0 Å². The maximum atomic E-state index is 2.28. The lowest BCUT2D eigenvalue weighted by molar-refractivity contribution is 0.695. The summed E-state index contributed by atoms with van der Waals surface area (Å²) in [5.74, 6) is 0.773. The van der Waals surface area contributed by atoms with E-state index in [4.69, 9.17) is 0 Å². The molecule has 0 aromatic heterocycles. The van der Waals surface area contributed by atoms with Gasteiger partial charge in [0.1, 0.15) is 0 Å². The van der Waals surface area contributed by atoms with E-state index in [-0.39, 0.29) is 0 Å². The van der Waals surface area contributed by atoms with Crippen molar-refractivity contribution in [3.05, 3.63) is 12.2 Å². The Kier molecular flexibility index (Phi) is 4.73. The van der Waals surface area contributed by atoms with E-state index in [0.29, 0.717) is 0 Å². The van der Waals surface area contributed by atoms with Crippen LogP contribution in [0.1, 0.15) is 33.6 Å². The third-order valence-corrected chi connectivity index (χ3v) is 1.34. The highest BCUT2D eigenvalue weighted by Gasteiger charge is 1.87. The molecular weight excluding hydrogens is 96.1 g/mol. The molecule has 0 heterocycles. The first-order valence-electron chi connectivity index (χ1n) is 3.47. The van der Waals surface area contributed by atoms with Crippen molar-refractivity contribution in [2.24, 2.45) is 5.92 Å².